The van der Waals surface area contributed by atoms with Gasteiger partial charge in [-0.15, -0.1) is 11.3 Å². The topological polar surface area (TPSA) is 45.2 Å². The summed E-state index contributed by atoms with van der Waals surface area (Å²) in [7, 11) is 0. The van der Waals surface area contributed by atoms with Crippen molar-refractivity contribution in [2.75, 3.05) is 18.4 Å². The maximum atomic E-state index is 12.1. The van der Waals surface area contributed by atoms with Gasteiger partial charge in [-0.3, -0.25) is 9.78 Å². The average molecular weight is 317 g/mol. The van der Waals surface area contributed by atoms with Gasteiger partial charge in [0.1, 0.15) is 0 Å². The molecule has 1 fully saturated rings. The van der Waals surface area contributed by atoms with Gasteiger partial charge < -0.3 is 10.2 Å². The smallest absolute Gasteiger partial charge is 0.222 e. The Bertz CT molecular complexity index is 644. The number of nitrogens with zero attached hydrogens (tertiary/aromatic N) is 2. The summed E-state index contributed by atoms with van der Waals surface area (Å²) >= 11 is 1.73. The lowest BCUT2D eigenvalue weighted by molar-refractivity contribution is -0.132. The van der Waals surface area contributed by atoms with E-state index in [1.54, 1.807) is 11.3 Å². The zero-order chi connectivity index (χ0) is 15.5. The SMILES string of the molecule is CC(C)CC(=O)N1CCC(Nc2ccnc3ccsc23)CC1. The molecule has 0 aromatic carbocycles. The molecular formula is C17H23N3OS. The predicted molar refractivity (Wildman–Crippen MR) is 92.3 cm³/mol. The van der Waals surface area contributed by atoms with Crippen LogP contribution in [0.5, 0.6) is 0 Å². The maximum Gasteiger partial charge on any atom is 0.222 e. The normalized spacial score (nSPS) is 16.4. The molecule has 2 aromatic rings. The summed E-state index contributed by atoms with van der Waals surface area (Å²) in [5.74, 6) is 0.741. The van der Waals surface area contributed by atoms with E-state index < -0.39 is 0 Å². The molecule has 1 saturated heterocycles. The van der Waals surface area contributed by atoms with Gasteiger partial charge in [0.2, 0.25) is 5.91 Å². The number of thiophene rings is 1. The second-order valence-electron chi connectivity index (χ2n) is 6.39. The number of carbonyl (C=O) groups excluding carboxylic acids is 1. The molecule has 0 atom stereocenters. The zero-order valence-electron chi connectivity index (χ0n) is 13.2. The first-order valence-electron chi connectivity index (χ1n) is 8.00. The van der Waals surface area contributed by atoms with Crippen LogP contribution >= 0.6 is 11.3 Å². The van der Waals surface area contributed by atoms with Gasteiger partial charge in [-0.2, -0.15) is 0 Å². The molecule has 22 heavy (non-hydrogen) atoms. The molecule has 2 aromatic heterocycles. The van der Waals surface area contributed by atoms with E-state index in [1.807, 2.05) is 11.1 Å². The third kappa shape index (κ3) is 3.40. The van der Waals surface area contributed by atoms with E-state index in [0.29, 0.717) is 24.3 Å². The first-order chi connectivity index (χ1) is 10.6. The van der Waals surface area contributed by atoms with Crippen LogP contribution in [0, 0.1) is 5.92 Å². The fourth-order valence-corrected chi connectivity index (χ4v) is 3.79. The summed E-state index contributed by atoms with van der Waals surface area (Å²) < 4.78 is 1.22. The van der Waals surface area contributed by atoms with Crippen molar-refractivity contribution >= 4 is 33.1 Å². The predicted octanol–water partition coefficient (Wildman–Crippen LogP) is 3.75. The van der Waals surface area contributed by atoms with E-state index in [4.69, 9.17) is 0 Å². The van der Waals surface area contributed by atoms with Crippen LogP contribution in [0.4, 0.5) is 5.69 Å². The number of carbonyl (C=O) groups is 1. The van der Waals surface area contributed by atoms with Crippen LogP contribution in [0.2, 0.25) is 0 Å². The monoisotopic (exact) mass is 317 g/mol. The van der Waals surface area contributed by atoms with Crippen molar-refractivity contribution in [1.29, 1.82) is 0 Å². The van der Waals surface area contributed by atoms with Gasteiger partial charge >= 0.3 is 0 Å². The van der Waals surface area contributed by atoms with E-state index in [-0.39, 0.29) is 0 Å². The van der Waals surface area contributed by atoms with Crippen LogP contribution < -0.4 is 5.32 Å². The number of likely N-dealkylation sites (tertiary alicyclic amines) is 1. The summed E-state index contributed by atoms with van der Waals surface area (Å²) in [5.41, 5.74) is 2.23. The summed E-state index contributed by atoms with van der Waals surface area (Å²) in [5, 5.41) is 5.72. The number of nitrogens with one attached hydrogen (secondary N) is 1. The quantitative estimate of drug-likeness (QED) is 0.934. The number of rotatable bonds is 4. The molecule has 4 nitrogen and oxygen atoms in total. The van der Waals surface area contributed by atoms with Gasteiger partial charge in [0, 0.05) is 31.7 Å². The highest BCUT2D eigenvalue weighted by atomic mass is 32.1. The van der Waals surface area contributed by atoms with Crippen molar-refractivity contribution in [2.24, 2.45) is 5.92 Å². The molecule has 0 spiro atoms. The second-order valence-corrected chi connectivity index (χ2v) is 7.31. The van der Waals surface area contributed by atoms with Gasteiger partial charge in [0.15, 0.2) is 0 Å². The molecule has 0 unspecified atom stereocenters. The van der Waals surface area contributed by atoms with Crippen LogP contribution in [0.1, 0.15) is 33.1 Å². The maximum absolute atomic E-state index is 12.1. The first kappa shape index (κ1) is 15.3. The summed E-state index contributed by atoms with van der Waals surface area (Å²) in [6.07, 6.45) is 4.55. The Kier molecular flexibility index (Phi) is 4.62. The summed E-state index contributed by atoms with van der Waals surface area (Å²) in [6.45, 7) is 5.92. The number of piperidine rings is 1. The van der Waals surface area contributed by atoms with Crippen LogP contribution in [0.15, 0.2) is 23.7 Å². The van der Waals surface area contributed by atoms with Crippen molar-refractivity contribution in [3.8, 4) is 0 Å². The fraction of sp³-hybridized carbons (Fsp3) is 0.529. The number of amides is 1. The Hall–Kier alpha value is -1.62. The van der Waals surface area contributed by atoms with Crippen molar-refractivity contribution in [1.82, 2.24) is 9.88 Å². The van der Waals surface area contributed by atoms with Gasteiger partial charge in [-0.1, -0.05) is 13.8 Å². The Morgan fingerprint density at radius 3 is 2.91 bits per heavy atom. The molecule has 3 rings (SSSR count). The number of pyridine rings is 1. The van der Waals surface area contributed by atoms with Crippen molar-refractivity contribution in [3.05, 3.63) is 23.7 Å². The van der Waals surface area contributed by atoms with Crippen LogP contribution in [0.3, 0.4) is 0 Å². The molecule has 5 heteroatoms. The highest BCUT2D eigenvalue weighted by Gasteiger charge is 2.23. The second kappa shape index (κ2) is 6.65. The molecule has 0 radical (unpaired) electrons. The molecule has 1 amide bonds. The van der Waals surface area contributed by atoms with E-state index in [0.717, 1.165) is 31.4 Å². The van der Waals surface area contributed by atoms with E-state index >= 15 is 0 Å². The summed E-state index contributed by atoms with van der Waals surface area (Å²) in [6, 6.07) is 4.55. The Labute approximate surface area is 135 Å². The van der Waals surface area contributed by atoms with E-state index in [1.165, 1.54) is 10.4 Å². The molecule has 1 aliphatic rings. The molecule has 1 N–H and O–H groups in total. The average Bonchev–Trinajstić information content (AvgIpc) is 2.97. The van der Waals surface area contributed by atoms with Crippen molar-refractivity contribution in [2.45, 2.75) is 39.2 Å². The van der Waals surface area contributed by atoms with Crippen molar-refractivity contribution < 1.29 is 4.79 Å². The van der Waals surface area contributed by atoms with Crippen molar-refractivity contribution in [3.63, 3.8) is 0 Å². The van der Waals surface area contributed by atoms with Crippen LogP contribution in [-0.2, 0) is 4.79 Å². The molecule has 3 heterocycles. The Balaban J connectivity index is 1.58. The third-order valence-electron chi connectivity index (χ3n) is 4.13. The highest BCUT2D eigenvalue weighted by molar-refractivity contribution is 7.17. The number of hydrogen-bond acceptors (Lipinski definition) is 4. The standard InChI is InChI=1S/C17H23N3OS/c1-12(2)11-16(21)20-8-4-13(5-9-20)19-15-3-7-18-14-6-10-22-17(14)15/h3,6-7,10,12-13H,4-5,8-9,11H2,1-2H3,(H,18,19). The molecule has 0 bridgehead atoms. The molecular weight excluding hydrogens is 294 g/mol. The van der Waals surface area contributed by atoms with E-state index in [9.17, 15) is 4.79 Å². The van der Waals surface area contributed by atoms with Gasteiger partial charge in [-0.25, -0.2) is 0 Å². The molecule has 0 aliphatic carbocycles. The molecule has 1 aliphatic heterocycles. The van der Waals surface area contributed by atoms with Crippen LogP contribution in [0.25, 0.3) is 10.2 Å². The third-order valence-corrected chi connectivity index (χ3v) is 5.07. The number of hydrogen-bond donors (Lipinski definition) is 1. The minimum absolute atomic E-state index is 0.304. The molecule has 0 saturated carbocycles. The number of anilines is 1. The summed E-state index contributed by atoms with van der Waals surface area (Å²) in [4.78, 5) is 18.5. The Morgan fingerprint density at radius 2 is 2.18 bits per heavy atom. The first-order valence-corrected chi connectivity index (χ1v) is 8.88. The lowest BCUT2D eigenvalue weighted by Gasteiger charge is -2.33. The number of aromatic nitrogens is 1. The number of fused-ring (bicyclic) bond motifs is 1. The molecule has 118 valence electrons. The Morgan fingerprint density at radius 1 is 1.41 bits per heavy atom. The van der Waals surface area contributed by atoms with Gasteiger partial charge in [0.05, 0.1) is 15.9 Å². The van der Waals surface area contributed by atoms with Gasteiger partial charge in [-0.05, 0) is 36.3 Å². The zero-order valence-corrected chi connectivity index (χ0v) is 14.0. The minimum Gasteiger partial charge on any atom is -0.381 e. The minimum atomic E-state index is 0.304. The largest absolute Gasteiger partial charge is 0.381 e. The fourth-order valence-electron chi connectivity index (χ4n) is 2.96. The lowest BCUT2D eigenvalue weighted by atomic mass is 10.0. The van der Waals surface area contributed by atoms with E-state index in [2.05, 4.69) is 41.7 Å². The highest BCUT2D eigenvalue weighted by Crippen LogP contribution is 2.28. The van der Waals surface area contributed by atoms with Crippen LogP contribution in [-0.4, -0.2) is 34.9 Å². The van der Waals surface area contributed by atoms with Gasteiger partial charge in [0.25, 0.3) is 0 Å². The lowest BCUT2D eigenvalue weighted by Crippen LogP contribution is -2.42.